The predicted octanol–water partition coefficient (Wildman–Crippen LogP) is 3.00. The maximum absolute atomic E-state index is 12.1. The first kappa shape index (κ1) is 14.5. The van der Waals surface area contributed by atoms with Gasteiger partial charge < -0.3 is 10.4 Å². The highest BCUT2D eigenvalue weighted by atomic mass is 79.9. The molecule has 19 heavy (non-hydrogen) atoms. The summed E-state index contributed by atoms with van der Waals surface area (Å²) >= 11 is 3.38. The molecule has 1 aliphatic carbocycles. The van der Waals surface area contributed by atoms with E-state index in [1.54, 1.807) is 0 Å². The molecule has 1 amide bonds. The quantitative estimate of drug-likeness (QED) is 0.663. The summed E-state index contributed by atoms with van der Waals surface area (Å²) in [5.74, 6) is -0.0907. The first-order valence-corrected chi connectivity index (χ1v) is 7.96. The highest BCUT2D eigenvalue weighted by Crippen LogP contribution is 2.18. The van der Waals surface area contributed by atoms with Gasteiger partial charge in [-0.1, -0.05) is 47.3 Å². The van der Waals surface area contributed by atoms with Crippen molar-refractivity contribution in [3.05, 3.63) is 35.4 Å². The Morgan fingerprint density at radius 1 is 1.21 bits per heavy atom. The van der Waals surface area contributed by atoms with Crippen molar-refractivity contribution in [1.82, 2.24) is 5.32 Å². The number of alkyl halides is 1. The van der Waals surface area contributed by atoms with Crippen LogP contribution >= 0.6 is 15.9 Å². The lowest BCUT2D eigenvalue weighted by Gasteiger charge is -2.21. The van der Waals surface area contributed by atoms with Crippen molar-refractivity contribution in [2.24, 2.45) is 0 Å². The molecule has 0 radical (unpaired) electrons. The van der Waals surface area contributed by atoms with Gasteiger partial charge in [0.1, 0.15) is 0 Å². The van der Waals surface area contributed by atoms with Crippen LogP contribution < -0.4 is 5.32 Å². The van der Waals surface area contributed by atoms with Crippen LogP contribution in [0.4, 0.5) is 0 Å². The van der Waals surface area contributed by atoms with E-state index in [0.29, 0.717) is 5.56 Å². The van der Waals surface area contributed by atoms with Gasteiger partial charge >= 0.3 is 0 Å². The Labute approximate surface area is 122 Å². The Bertz CT molecular complexity index is 419. The monoisotopic (exact) mass is 325 g/mol. The highest BCUT2D eigenvalue weighted by Gasteiger charge is 2.23. The third-order valence-corrected chi connectivity index (χ3v) is 4.31. The molecule has 0 aromatic heterocycles. The fourth-order valence-corrected chi connectivity index (χ4v) is 2.83. The van der Waals surface area contributed by atoms with Crippen molar-refractivity contribution in [3.63, 3.8) is 0 Å². The lowest BCUT2D eigenvalue weighted by Crippen LogP contribution is -2.42. The second kappa shape index (κ2) is 7.06. The molecule has 0 bridgehead atoms. The molecule has 4 heteroatoms. The molecule has 2 rings (SSSR count). The van der Waals surface area contributed by atoms with Gasteiger partial charge in [-0.05, 0) is 30.5 Å². The number of aliphatic hydroxyl groups is 1. The molecule has 2 unspecified atom stereocenters. The van der Waals surface area contributed by atoms with Crippen LogP contribution in [0.3, 0.4) is 0 Å². The second-order valence-corrected chi connectivity index (χ2v) is 5.68. The Balaban J connectivity index is 1.98. The van der Waals surface area contributed by atoms with Gasteiger partial charge in [-0.15, -0.1) is 0 Å². The second-order valence-electron chi connectivity index (χ2n) is 5.12. The average Bonchev–Trinajstić information content (AvgIpc) is 2.64. The van der Waals surface area contributed by atoms with Gasteiger partial charge in [0.25, 0.3) is 5.91 Å². The number of halogens is 1. The smallest absolute Gasteiger partial charge is 0.251 e. The number of amides is 1. The minimum absolute atomic E-state index is 0.0907. The first-order valence-electron chi connectivity index (χ1n) is 6.84. The number of carbonyl (C=O) groups is 1. The molecule has 3 nitrogen and oxygen atoms in total. The van der Waals surface area contributed by atoms with Crippen molar-refractivity contribution >= 4 is 21.8 Å². The van der Waals surface area contributed by atoms with Gasteiger partial charge in [0.15, 0.2) is 0 Å². The van der Waals surface area contributed by atoms with Crippen molar-refractivity contribution < 1.29 is 9.90 Å². The van der Waals surface area contributed by atoms with E-state index in [4.69, 9.17) is 0 Å². The van der Waals surface area contributed by atoms with Crippen LogP contribution in [0.5, 0.6) is 0 Å². The van der Waals surface area contributed by atoms with E-state index in [0.717, 1.165) is 43.0 Å². The lowest BCUT2D eigenvalue weighted by atomic mass is 10.1. The largest absolute Gasteiger partial charge is 0.391 e. The summed E-state index contributed by atoms with van der Waals surface area (Å²) in [6, 6.07) is 7.43. The van der Waals surface area contributed by atoms with Crippen LogP contribution in [-0.2, 0) is 5.33 Å². The van der Waals surface area contributed by atoms with E-state index in [2.05, 4.69) is 21.2 Å². The van der Waals surface area contributed by atoms with E-state index < -0.39 is 6.10 Å². The van der Waals surface area contributed by atoms with E-state index in [1.165, 1.54) is 0 Å². The zero-order valence-electron chi connectivity index (χ0n) is 10.9. The molecule has 0 aliphatic heterocycles. The number of nitrogens with one attached hydrogen (secondary N) is 1. The number of benzene rings is 1. The topological polar surface area (TPSA) is 49.3 Å². The minimum atomic E-state index is -0.409. The summed E-state index contributed by atoms with van der Waals surface area (Å²) in [4.78, 5) is 12.1. The summed E-state index contributed by atoms with van der Waals surface area (Å²) in [6.45, 7) is 0. The van der Waals surface area contributed by atoms with Crippen molar-refractivity contribution in [2.45, 2.75) is 49.6 Å². The molecular weight excluding hydrogens is 306 g/mol. The maximum Gasteiger partial charge on any atom is 0.251 e. The average molecular weight is 326 g/mol. The van der Waals surface area contributed by atoms with Gasteiger partial charge in [-0.3, -0.25) is 4.79 Å². The zero-order valence-corrected chi connectivity index (χ0v) is 12.5. The van der Waals surface area contributed by atoms with Gasteiger partial charge in [0.2, 0.25) is 0 Å². The summed E-state index contributed by atoms with van der Waals surface area (Å²) in [7, 11) is 0. The van der Waals surface area contributed by atoms with Crippen LogP contribution in [0.15, 0.2) is 24.3 Å². The number of rotatable bonds is 3. The van der Waals surface area contributed by atoms with E-state index >= 15 is 0 Å². The fraction of sp³-hybridized carbons (Fsp3) is 0.533. The van der Waals surface area contributed by atoms with Crippen LogP contribution in [0, 0.1) is 0 Å². The summed E-state index contributed by atoms with van der Waals surface area (Å²) < 4.78 is 0. The van der Waals surface area contributed by atoms with Crippen LogP contribution in [0.25, 0.3) is 0 Å². The van der Waals surface area contributed by atoms with Gasteiger partial charge in [0.05, 0.1) is 12.1 Å². The zero-order chi connectivity index (χ0) is 13.7. The number of aliphatic hydroxyl groups excluding tert-OH is 1. The summed E-state index contributed by atoms with van der Waals surface area (Å²) in [5, 5.41) is 13.8. The Kier molecular flexibility index (Phi) is 5.40. The van der Waals surface area contributed by atoms with Gasteiger partial charge in [-0.2, -0.15) is 0 Å². The van der Waals surface area contributed by atoms with E-state index in [-0.39, 0.29) is 11.9 Å². The highest BCUT2D eigenvalue weighted by molar-refractivity contribution is 9.08. The van der Waals surface area contributed by atoms with Crippen LogP contribution in [-0.4, -0.2) is 23.2 Å². The van der Waals surface area contributed by atoms with Crippen molar-refractivity contribution in [3.8, 4) is 0 Å². The molecule has 0 spiro atoms. The molecule has 1 fully saturated rings. The van der Waals surface area contributed by atoms with Crippen molar-refractivity contribution in [1.29, 1.82) is 0 Å². The Hall–Kier alpha value is -0.870. The standard InChI is InChI=1S/C15H20BrNO2/c16-10-11-6-8-12(9-7-11)15(19)17-13-4-2-1-3-5-14(13)18/h6-9,13-14,18H,1-5,10H2,(H,17,19). The number of hydrogen-bond donors (Lipinski definition) is 2. The molecule has 0 saturated heterocycles. The summed E-state index contributed by atoms with van der Waals surface area (Å²) in [5.41, 5.74) is 1.80. The molecule has 1 saturated carbocycles. The molecule has 1 aromatic carbocycles. The third kappa shape index (κ3) is 4.05. The van der Waals surface area contributed by atoms with E-state index in [9.17, 15) is 9.90 Å². The Morgan fingerprint density at radius 2 is 1.89 bits per heavy atom. The fourth-order valence-electron chi connectivity index (χ4n) is 2.45. The third-order valence-electron chi connectivity index (χ3n) is 3.67. The molecule has 1 aromatic rings. The molecule has 104 valence electrons. The lowest BCUT2D eigenvalue weighted by molar-refractivity contribution is 0.0819. The molecule has 2 N–H and O–H groups in total. The molecule has 0 heterocycles. The SMILES string of the molecule is O=C(NC1CCCCCC1O)c1ccc(CBr)cc1. The summed E-state index contributed by atoms with van der Waals surface area (Å²) in [6.07, 6.45) is 4.51. The van der Waals surface area contributed by atoms with Crippen LogP contribution in [0.1, 0.15) is 48.0 Å². The molecule has 1 aliphatic rings. The first-order chi connectivity index (χ1) is 9.20. The van der Waals surface area contributed by atoms with Gasteiger partial charge in [-0.25, -0.2) is 0 Å². The number of carbonyl (C=O) groups excluding carboxylic acids is 1. The Morgan fingerprint density at radius 3 is 2.58 bits per heavy atom. The number of hydrogen-bond acceptors (Lipinski definition) is 2. The minimum Gasteiger partial charge on any atom is -0.391 e. The van der Waals surface area contributed by atoms with E-state index in [1.807, 2.05) is 24.3 Å². The predicted molar refractivity (Wildman–Crippen MR) is 79.4 cm³/mol. The van der Waals surface area contributed by atoms with Crippen LogP contribution in [0.2, 0.25) is 0 Å². The van der Waals surface area contributed by atoms with Crippen molar-refractivity contribution in [2.75, 3.05) is 0 Å². The normalized spacial score (nSPS) is 23.7. The molecule has 2 atom stereocenters. The maximum atomic E-state index is 12.1. The van der Waals surface area contributed by atoms with Gasteiger partial charge in [0, 0.05) is 10.9 Å². The molecular formula is C15H20BrNO2.